The van der Waals surface area contributed by atoms with Crippen molar-refractivity contribution in [1.82, 2.24) is 30.4 Å². The number of carbonyl (C=O) groups excluding carboxylic acids is 2. The van der Waals surface area contributed by atoms with Crippen LogP contribution in [0.5, 0.6) is 0 Å². The van der Waals surface area contributed by atoms with Crippen molar-refractivity contribution in [1.29, 1.82) is 0 Å². The fourth-order valence-electron chi connectivity index (χ4n) is 4.38. The monoisotopic (exact) mass is 598 g/mol. The van der Waals surface area contributed by atoms with E-state index in [2.05, 4.69) is 32.6 Å². The lowest BCUT2D eigenvalue weighted by Gasteiger charge is -2.20. The van der Waals surface area contributed by atoms with Gasteiger partial charge in [0.25, 0.3) is 5.91 Å². The number of alkyl halides is 5. The third-order valence-electron chi connectivity index (χ3n) is 7.17. The van der Waals surface area contributed by atoms with E-state index >= 15 is 0 Å². The number of rotatable bonds is 7. The van der Waals surface area contributed by atoms with Gasteiger partial charge in [0.1, 0.15) is 11.5 Å². The van der Waals surface area contributed by atoms with E-state index in [0.29, 0.717) is 41.0 Å². The molecule has 0 saturated heterocycles. The Morgan fingerprint density at radius 2 is 1.74 bits per heavy atom. The van der Waals surface area contributed by atoms with E-state index in [-0.39, 0.29) is 31.8 Å². The number of benzene rings is 1. The maximum atomic E-state index is 12.2. The van der Waals surface area contributed by atoms with E-state index in [1.807, 2.05) is 0 Å². The van der Waals surface area contributed by atoms with Crippen molar-refractivity contribution in [2.45, 2.75) is 96.3 Å². The van der Waals surface area contributed by atoms with Crippen LogP contribution in [0.3, 0.4) is 0 Å². The smallest absolute Gasteiger partial charge is 0.352 e. The quantitative estimate of drug-likeness (QED) is 0.267. The van der Waals surface area contributed by atoms with Crippen LogP contribution in [0.1, 0.15) is 93.0 Å². The Bertz CT molecular complexity index is 1290. The van der Waals surface area contributed by atoms with Crippen LogP contribution in [0.2, 0.25) is 0 Å². The van der Waals surface area contributed by atoms with Crippen molar-refractivity contribution in [2.75, 3.05) is 0 Å². The molecule has 2 amide bonds. The van der Waals surface area contributed by atoms with Gasteiger partial charge in [-0.15, -0.1) is 0 Å². The molecule has 0 radical (unpaired) electrons. The van der Waals surface area contributed by atoms with Crippen LogP contribution in [-0.2, 0) is 24.9 Å². The van der Waals surface area contributed by atoms with Gasteiger partial charge in [-0.25, -0.2) is 13.8 Å². The standard InChI is InChI=1S/C18H19F3N6O2.C6H10F2.C5H10/c1-27-14(5-7-24-27)17(29)23-10-15-25-12-3-2-11(8-13(12)26-15)9-22-16(28)4-6-18(19,20)21;7-6(8)4-2-1-3-5-6;1-5-3-2-4-5/h2-3,5,7-8H,4,6,9-10H2,1H3,(H,22,28)(H,23,29)(H,25,26);1-5H2;5H,2-4H2,1H3. The summed E-state index contributed by atoms with van der Waals surface area (Å²) in [6, 6.07) is 6.81. The molecule has 3 aromatic rings. The summed E-state index contributed by atoms with van der Waals surface area (Å²) in [5.74, 6) is -1.66. The van der Waals surface area contributed by atoms with Gasteiger partial charge in [0.05, 0.1) is 24.0 Å². The number of hydrogen-bond donors (Lipinski definition) is 3. The maximum Gasteiger partial charge on any atom is 0.389 e. The number of fused-ring (bicyclic) bond motifs is 1. The number of hydrogen-bond acceptors (Lipinski definition) is 4. The molecule has 3 N–H and O–H groups in total. The number of aryl methyl sites for hydroxylation is 1. The van der Waals surface area contributed by atoms with Crippen LogP contribution in [0.15, 0.2) is 30.5 Å². The molecule has 0 aliphatic heterocycles. The molecule has 232 valence electrons. The second kappa shape index (κ2) is 15.1. The summed E-state index contributed by atoms with van der Waals surface area (Å²) in [7, 11) is 1.67. The molecular weight excluding hydrogens is 559 g/mol. The zero-order valence-electron chi connectivity index (χ0n) is 24.0. The highest BCUT2D eigenvalue weighted by molar-refractivity contribution is 5.92. The molecule has 2 fully saturated rings. The molecule has 0 unspecified atom stereocenters. The van der Waals surface area contributed by atoms with E-state index in [4.69, 9.17) is 0 Å². The van der Waals surface area contributed by atoms with Gasteiger partial charge >= 0.3 is 6.18 Å². The number of aromatic nitrogens is 4. The van der Waals surface area contributed by atoms with Gasteiger partial charge in [0.15, 0.2) is 0 Å². The second-order valence-corrected chi connectivity index (χ2v) is 10.9. The van der Waals surface area contributed by atoms with Gasteiger partial charge in [-0.1, -0.05) is 38.7 Å². The summed E-state index contributed by atoms with van der Waals surface area (Å²) in [6.07, 6.45) is 2.55. The minimum absolute atomic E-state index is 0.109. The largest absolute Gasteiger partial charge is 0.389 e. The third-order valence-corrected chi connectivity index (χ3v) is 7.17. The SMILES string of the molecule is CC1CCC1.Cn1nccc1C(=O)NCc1nc2ccc(CNC(=O)CCC(F)(F)F)cc2[nH]1.FC1(F)CCCCC1. The summed E-state index contributed by atoms with van der Waals surface area (Å²) in [5.41, 5.74) is 2.50. The first-order chi connectivity index (χ1) is 19.8. The predicted octanol–water partition coefficient (Wildman–Crippen LogP) is 6.58. The number of nitrogens with zero attached hydrogens (tertiary/aromatic N) is 3. The number of nitrogens with one attached hydrogen (secondary N) is 3. The molecule has 2 aliphatic rings. The van der Waals surface area contributed by atoms with Crippen molar-refractivity contribution in [3.05, 3.63) is 47.5 Å². The lowest BCUT2D eigenvalue weighted by atomic mass is 9.88. The van der Waals surface area contributed by atoms with Crippen LogP contribution in [0.4, 0.5) is 22.0 Å². The van der Waals surface area contributed by atoms with Crippen LogP contribution in [0.25, 0.3) is 11.0 Å². The van der Waals surface area contributed by atoms with Crippen molar-refractivity contribution in [3.8, 4) is 0 Å². The molecule has 2 saturated carbocycles. The first kappa shape index (κ1) is 33.0. The number of imidazole rings is 1. The minimum atomic E-state index is -4.35. The highest BCUT2D eigenvalue weighted by Gasteiger charge is 2.30. The average molecular weight is 599 g/mol. The summed E-state index contributed by atoms with van der Waals surface area (Å²) in [4.78, 5) is 31.1. The summed E-state index contributed by atoms with van der Waals surface area (Å²) < 4.78 is 62.3. The van der Waals surface area contributed by atoms with E-state index < -0.39 is 30.8 Å². The lowest BCUT2D eigenvalue weighted by molar-refractivity contribution is -0.144. The first-order valence-electron chi connectivity index (χ1n) is 14.3. The number of carbonyl (C=O) groups is 2. The van der Waals surface area contributed by atoms with Crippen molar-refractivity contribution >= 4 is 22.8 Å². The Balaban J connectivity index is 0.000000303. The Morgan fingerprint density at radius 3 is 2.26 bits per heavy atom. The van der Waals surface area contributed by atoms with Gasteiger partial charge in [-0.3, -0.25) is 14.3 Å². The molecule has 8 nitrogen and oxygen atoms in total. The van der Waals surface area contributed by atoms with Crippen LogP contribution >= 0.6 is 0 Å². The Hall–Kier alpha value is -3.51. The zero-order chi connectivity index (χ0) is 30.8. The predicted molar refractivity (Wildman–Crippen MR) is 149 cm³/mol. The van der Waals surface area contributed by atoms with E-state index in [1.54, 1.807) is 31.3 Å². The molecule has 1 aromatic carbocycles. The number of aromatic amines is 1. The molecule has 42 heavy (non-hydrogen) atoms. The fourth-order valence-corrected chi connectivity index (χ4v) is 4.38. The summed E-state index contributed by atoms with van der Waals surface area (Å²) in [6.45, 7) is 2.60. The van der Waals surface area contributed by atoms with Crippen molar-refractivity contribution in [2.24, 2.45) is 13.0 Å². The van der Waals surface area contributed by atoms with Gasteiger partial charge in [0.2, 0.25) is 11.8 Å². The van der Waals surface area contributed by atoms with E-state index in [0.717, 1.165) is 12.3 Å². The number of amides is 2. The number of halogens is 5. The fraction of sp³-hybridized carbons (Fsp3) is 0.586. The Labute approximate surface area is 241 Å². The topological polar surface area (TPSA) is 105 Å². The molecule has 5 rings (SSSR count). The molecule has 0 spiro atoms. The van der Waals surface area contributed by atoms with E-state index in [1.165, 1.54) is 30.1 Å². The normalized spacial score (nSPS) is 16.4. The second-order valence-electron chi connectivity index (χ2n) is 10.9. The molecular formula is C29H39F5N6O2. The van der Waals surface area contributed by atoms with Crippen LogP contribution < -0.4 is 10.6 Å². The minimum Gasteiger partial charge on any atom is -0.352 e. The van der Waals surface area contributed by atoms with Gasteiger partial charge in [0, 0.05) is 39.1 Å². The third kappa shape index (κ3) is 11.4. The highest BCUT2D eigenvalue weighted by Crippen LogP contribution is 2.32. The lowest BCUT2D eigenvalue weighted by Crippen LogP contribution is -2.25. The maximum absolute atomic E-state index is 12.2. The molecule has 2 aromatic heterocycles. The van der Waals surface area contributed by atoms with Crippen molar-refractivity contribution in [3.63, 3.8) is 0 Å². The molecule has 2 aliphatic carbocycles. The summed E-state index contributed by atoms with van der Waals surface area (Å²) >= 11 is 0. The van der Waals surface area contributed by atoms with Gasteiger partial charge in [-0.2, -0.15) is 18.3 Å². The van der Waals surface area contributed by atoms with E-state index in [9.17, 15) is 31.5 Å². The summed E-state index contributed by atoms with van der Waals surface area (Å²) in [5, 5.41) is 9.14. The van der Waals surface area contributed by atoms with Crippen LogP contribution in [0, 0.1) is 5.92 Å². The highest BCUT2D eigenvalue weighted by atomic mass is 19.4. The molecule has 2 heterocycles. The molecule has 0 atom stereocenters. The molecule has 13 heteroatoms. The molecule has 0 bridgehead atoms. The average Bonchev–Trinajstić information content (AvgIpc) is 3.53. The van der Waals surface area contributed by atoms with Crippen LogP contribution in [-0.4, -0.2) is 43.7 Å². The Morgan fingerprint density at radius 1 is 1.05 bits per heavy atom. The van der Waals surface area contributed by atoms with Gasteiger partial charge < -0.3 is 15.6 Å². The van der Waals surface area contributed by atoms with Gasteiger partial charge in [-0.05, 0) is 42.5 Å². The first-order valence-corrected chi connectivity index (χ1v) is 14.3. The Kier molecular flexibility index (Phi) is 11.9. The zero-order valence-corrected chi connectivity index (χ0v) is 24.0. The van der Waals surface area contributed by atoms with Crippen molar-refractivity contribution < 1.29 is 31.5 Å². The number of H-pyrrole nitrogens is 1.